The third kappa shape index (κ3) is 3.38. The molecule has 0 amide bonds. The van der Waals surface area contributed by atoms with E-state index in [4.69, 9.17) is 16.3 Å². The number of hydrogen-bond donors (Lipinski definition) is 3. The van der Waals surface area contributed by atoms with E-state index in [-0.39, 0.29) is 11.4 Å². The van der Waals surface area contributed by atoms with Crippen LogP contribution in [0.3, 0.4) is 0 Å². The minimum absolute atomic E-state index is 0.0597. The number of hydrogen-bond acceptors (Lipinski definition) is 7. The second-order valence-corrected chi connectivity index (χ2v) is 4.44. The fourth-order valence-electron chi connectivity index (χ4n) is 1.64. The summed E-state index contributed by atoms with van der Waals surface area (Å²) in [7, 11) is 0. The molecule has 1 atom stereocenters. The minimum Gasteiger partial charge on any atom is -0.396 e. The van der Waals surface area contributed by atoms with Crippen molar-refractivity contribution in [1.82, 2.24) is 9.97 Å². The van der Waals surface area contributed by atoms with Crippen molar-refractivity contribution >= 4 is 23.0 Å². The van der Waals surface area contributed by atoms with E-state index in [9.17, 15) is 4.39 Å². The number of anilines is 4. The van der Waals surface area contributed by atoms with E-state index < -0.39 is 11.9 Å². The number of aromatic nitrogens is 2. The van der Waals surface area contributed by atoms with Gasteiger partial charge in [-0.05, 0) is 13.0 Å². The lowest BCUT2D eigenvalue weighted by Gasteiger charge is -2.13. The second-order valence-electron chi connectivity index (χ2n) is 4.44. The molecule has 2 heterocycles. The first-order chi connectivity index (χ1) is 10.5. The Morgan fingerprint density at radius 3 is 2.68 bits per heavy atom. The van der Waals surface area contributed by atoms with Crippen LogP contribution in [0.5, 0.6) is 0 Å². The van der Waals surface area contributed by atoms with Crippen LogP contribution in [0.15, 0.2) is 24.5 Å². The Kier molecular flexibility index (Phi) is 4.35. The Morgan fingerprint density at radius 2 is 2.05 bits per heavy atom. The molecule has 110 valence electrons. The maximum absolute atomic E-state index is 13.8. The molecule has 0 fully saturated rings. The van der Waals surface area contributed by atoms with Gasteiger partial charge in [-0.25, -0.2) is 14.4 Å². The lowest BCUT2D eigenvalue weighted by Crippen LogP contribution is -2.14. The summed E-state index contributed by atoms with van der Waals surface area (Å²) in [5.74, 6) is -0.425. The van der Waals surface area contributed by atoms with Crippen molar-refractivity contribution in [2.75, 3.05) is 16.4 Å². The van der Waals surface area contributed by atoms with Crippen LogP contribution < -0.4 is 16.4 Å². The number of halogens is 1. The Morgan fingerprint density at radius 1 is 1.27 bits per heavy atom. The van der Waals surface area contributed by atoms with Crippen molar-refractivity contribution in [3.8, 4) is 12.1 Å². The Labute approximate surface area is 126 Å². The monoisotopic (exact) mass is 297 g/mol. The lowest BCUT2D eigenvalue weighted by atomic mass is 10.2. The highest BCUT2D eigenvalue weighted by atomic mass is 19.1. The number of nitrogen functional groups attached to an aromatic ring is 1. The van der Waals surface area contributed by atoms with Gasteiger partial charge >= 0.3 is 0 Å². The van der Waals surface area contributed by atoms with Crippen LogP contribution in [-0.4, -0.2) is 16.0 Å². The van der Waals surface area contributed by atoms with Crippen LogP contribution in [0.2, 0.25) is 0 Å². The number of pyridine rings is 2. The average Bonchev–Trinajstić information content (AvgIpc) is 2.52. The van der Waals surface area contributed by atoms with Gasteiger partial charge in [-0.1, -0.05) is 0 Å². The van der Waals surface area contributed by atoms with Gasteiger partial charge in [0.05, 0.1) is 29.2 Å². The number of nitrogens with one attached hydrogen (secondary N) is 2. The molecule has 0 aliphatic rings. The van der Waals surface area contributed by atoms with Gasteiger partial charge in [0.15, 0.2) is 11.6 Å². The summed E-state index contributed by atoms with van der Waals surface area (Å²) in [6.45, 7) is 1.68. The predicted octanol–water partition coefficient (Wildman–Crippen LogP) is 2.14. The summed E-state index contributed by atoms with van der Waals surface area (Å²) < 4.78 is 13.8. The van der Waals surface area contributed by atoms with Crippen LogP contribution in [0, 0.1) is 28.5 Å². The fourth-order valence-corrected chi connectivity index (χ4v) is 1.64. The second kappa shape index (κ2) is 6.37. The molecule has 0 spiro atoms. The Bertz CT molecular complexity index is 776. The van der Waals surface area contributed by atoms with E-state index in [1.54, 1.807) is 19.1 Å². The van der Waals surface area contributed by atoms with Crippen molar-refractivity contribution in [1.29, 1.82) is 10.5 Å². The number of rotatable bonds is 4. The highest BCUT2D eigenvalue weighted by Crippen LogP contribution is 2.24. The Balaban J connectivity index is 2.25. The maximum atomic E-state index is 13.8. The van der Waals surface area contributed by atoms with Gasteiger partial charge in [-0.15, -0.1) is 0 Å². The van der Waals surface area contributed by atoms with Crippen molar-refractivity contribution in [3.63, 3.8) is 0 Å². The molecule has 0 unspecified atom stereocenters. The van der Waals surface area contributed by atoms with Crippen LogP contribution in [0.25, 0.3) is 0 Å². The zero-order valence-electron chi connectivity index (χ0n) is 11.6. The topological polar surface area (TPSA) is 123 Å². The van der Waals surface area contributed by atoms with E-state index in [2.05, 4.69) is 20.6 Å². The summed E-state index contributed by atoms with van der Waals surface area (Å²) in [5.41, 5.74) is 6.75. The van der Waals surface area contributed by atoms with Gasteiger partial charge in [0.1, 0.15) is 17.9 Å². The molecule has 22 heavy (non-hydrogen) atoms. The standard InChI is InChI=1S/C14H12FN7/c1-8(4-16)21-12-3-13(19-7-11(12)18)22-14-10(15)2-9(5-17)6-20-14/h2-3,6-8H,18H2,1H3,(H2,19,20,21,22)/t8-/m1/s1. The SMILES string of the molecule is C[C@H](C#N)Nc1cc(Nc2ncc(C#N)cc2F)ncc1N. The molecular weight excluding hydrogens is 285 g/mol. The number of nitrogens with two attached hydrogens (primary N) is 1. The quantitative estimate of drug-likeness (QED) is 0.789. The van der Waals surface area contributed by atoms with E-state index >= 15 is 0 Å². The van der Waals surface area contributed by atoms with Gasteiger partial charge in [0, 0.05) is 12.3 Å². The first kappa shape index (κ1) is 15.0. The highest BCUT2D eigenvalue weighted by molar-refractivity contribution is 5.71. The largest absolute Gasteiger partial charge is 0.396 e. The highest BCUT2D eigenvalue weighted by Gasteiger charge is 2.09. The maximum Gasteiger partial charge on any atom is 0.167 e. The summed E-state index contributed by atoms with van der Waals surface area (Å²) in [6.07, 6.45) is 2.63. The molecule has 0 aliphatic carbocycles. The summed E-state index contributed by atoms with van der Waals surface area (Å²) in [5, 5.41) is 23.1. The molecule has 2 aromatic heterocycles. The molecule has 0 radical (unpaired) electrons. The van der Waals surface area contributed by atoms with E-state index in [1.807, 2.05) is 6.07 Å². The van der Waals surface area contributed by atoms with Gasteiger partial charge in [0.25, 0.3) is 0 Å². The first-order valence-corrected chi connectivity index (χ1v) is 6.28. The van der Waals surface area contributed by atoms with Crippen LogP contribution in [0.1, 0.15) is 12.5 Å². The molecule has 0 aromatic carbocycles. The molecule has 0 aliphatic heterocycles. The minimum atomic E-state index is -0.669. The molecule has 0 saturated carbocycles. The third-order valence-corrected chi connectivity index (χ3v) is 2.72. The average molecular weight is 297 g/mol. The molecule has 7 nitrogen and oxygen atoms in total. The first-order valence-electron chi connectivity index (χ1n) is 6.28. The smallest absolute Gasteiger partial charge is 0.167 e. The van der Waals surface area contributed by atoms with Gasteiger partial charge < -0.3 is 16.4 Å². The summed E-state index contributed by atoms with van der Waals surface area (Å²) >= 11 is 0. The van der Waals surface area contributed by atoms with Gasteiger partial charge in [-0.2, -0.15) is 10.5 Å². The normalized spacial score (nSPS) is 11.1. The molecule has 0 saturated heterocycles. The number of nitriles is 2. The van der Waals surface area contributed by atoms with E-state index in [0.29, 0.717) is 17.2 Å². The molecule has 0 bridgehead atoms. The van der Waals surface area contributed by atoms with E-state index in [0.717, 1.165) is 6.07 Å². The molecule has 2 rings (SSSR count). The van der Waals surface area contributed by atoms with Crippen molar-refractivity contribution in [3.05, 3.63) is 35.9 Å². The van der Waals surface area contributed by atoms with Crippen LogP contribution in [-0.2, 0) is 0 Å². The van der Waals surface area contributed by atoms with Crippen molar-refractivity contribution < 1.29 is 4.39 Å². The molecule has 2 aromatic rings. The number of nitrogens with zero attached hydrogens (tertiary/aromatic N) is 4. The Hall–Kier alpha value is -3.39. The van der Waals surface area contributed by atoms with E-state index in [1.165, 1.54) is 12.4 Å². The van der Waals surface area contributed by atoms with Gasteiger partial charge in [0.2, 0.25) is 0 Å². The van der Waals surface area contributed by atoms with Crippen molar-refractivity contribution in [2.45, 2.75) is 13.0 Å². The summed E-state index contributed by atoms with van der Waals surface area (Å²) in [4.78, 5) is 7.84. The van der Waals surface area contributed by atoms with Crippen LogP contribution in [0.4, 0.5) is 27.4 Å². The zero-order chi connectivity index (χ0) is 16.1. The molecule has 8 heteroatoms. The molecule has 4 N–H and O–H groups in total. The van der Waals surface area contributed by atoms with Crippen molar-refractivity contribution in [2.24, 2.45) is 0 Å². The lowest BCUT2D eigenvalue weighted by molar-refractivity contribution is 0.625. The predicted molar refractivity (Wildman–Crippen MR) is 79.5 cm³/mol. The zero-order valence-corrected chi connectivity index (χ0v) is 11.6. The van der Waals surface area contributed by atoms with Gasteiger partial charge in [-0.3, -0.25) is 0 Å². The van der Waals surface area contributed by atoms with Crippen LogP contribution >= 0.6 is 0 Å². The summed E-state index contributed by atoms with van der Waals surface area (Å²) in [6, 6.07) is 6.00. The fraction of sp³-hybridized carbons (Fsp3) is 0.143. The molecular formula is C14H12FN7. The third-order valence-electron chi connectivity index (χ3n) is 2.72.